The van der Waals surface area contributed by atoms with Gasteiger partial charge in [-0.05, 0) is 30.4 Å². The second kappa shape index (κ2) is 5.74. The van der Waals surface area contributed by atoms with Crippen LogP contribution in [0.3, 0.4) is 0 Å². The molecule has 0 spiro atoms. The summed E-state index contributed by atoms with van der Waals surface area (Å²) in [6.45, 7) is 6.18. The molecule has 0 saturated heterocycles. The predicted octanol–water partition coefficient (Wildman–Crippen LogP) is 3.53. The number of nitrogens with one attached hydrogen (secondary N) is 1. The molecular formula is C16H23NO2. The van der Waals surface area contributed by atoms with Crippen LogP contribution in [0.15, 0.2) is 12.1 Å². The summed E-state index contributed by atoms with van der Waals surface area (Å²) in [5, 5.41) is 13.3. The molecule has 2 atom stereocenters. The van der Waals surface area contributed by atoms with Crippen LogP contribution in [-0.2, 0) is 11.2 Å². The number of aryl methyl sites for hydroxylation is 1. The lowest BCUT2D eigenvalue weighted by Gasteiger charge is -2.16. The molecule has 0 aromatic heterocycles. The first-order chi connectivity index (χ1) is 9.12. The first-order valence-electron chi connectivity index (χ1n) is 7.27. The average molecular weight is 261 g/mol. The number of hydrogen-bond acceptors (Lipinski definition) is 2. The number of aliphatic hydroxyl groups excluding tert-OH is 1. The van der Waals surface area contributed by atoms with E-state index in [2.05, 4.69) is 25.2 Å². The number of benzene rings is 1. The molecule has 2 rings (SSSR count). The number of carbonyl (C=O) groups is 1. The van der Waals surface area contributed by atoms with Crippen molar-refractivity contribution >= 4 is 11.6 Å². The molecule has 3 heteroatoms. The van der Waals surface area contributed by atoms with Crippen LogP contribution in [-0.4, -0.2) is 11.0 Å². The number of fused-ring (bicyclic) bond motifs is 1. The van der Waals surface area contributed by atoms with E-state index in [-0.39, 0.29) is 11.8 Å². The van der Waals surface area contributed by atoms with Crippen molar-refractivity contribution in [2.24, 2.45) is 0 Å². The quantitative estimate of drug-likeness (QED) is 0.852. The van der Waals surface area contributed by atoms with E-state index in [9.17, 15) is 9.90 Å². The summed E-state index contributed by atoms with van der Waals surface area (Å²) >= 11 is 0. The van der Waals surface area contributed by atoms with Gasteiger partial charge >= 0.3 is 0 Å². The third kappa shape index (κ3) is 2.52. The summed E-state index contributed by atoms with van der Waals surface area (Å²) < 4.78 is 0. The first kappa shape index (κ1) is 14.1. The molecular weight excluding hydrogens is 238 g/mol. The number of carbonyl (C=O) groups excluding carboxylic acids is 1. The van der Waals surface area contributed by atoms with Crippen LogP contribution >= 0.6 is 0 Å². The lowest BCUT2D eigenvalue weighted by molar-refractivity contribution is -0.117. The zero-order valence-electron chi connectivity index (χ0n) is 12.0. The van der Waals surface area contributed by atoms with Crippen molar-refractivity contribution in [3.8, 4) is 0 Å². The maximum Gasteiger partial charge on any atom is 0.232 e. The Bertz CT molecular complexity index is 482. The molecule has 0 saturated carbocycles. The van der Waals surface area contributed by atoms with E-state index >= 15 is 0 Å². The summed E-state index contributed by atoms with van der Waals surface area (Å²) in [4.78, 5) is 12.0. The fraction of sp³-hybridized carbons (Fsp3) is 0.562. The van der Waals surface area contributed by atoms with Crippen LogP contribution in [0.25, 0.3) is 0 Å². The van der Waals surface area contributed by atoms with Crippen LogP contribution in [0.2, 0.25) is 0 Å². The van der Waals surface area contributed by atoms with Gasteiger partial charge in [0.25, 0.3) is 0 Å². The molecule has 1 heterocycles. The second-order valence-corrected chi connectivity index (χ2v) is 5.26. The van der Waals surface area contributed by atoms with Gasteiger partial charge in [0.15, 0.2) is 0 Å². The summed E-state index contributed by atoms with van der Waals surface area (Å²) in [7, 11) is 0. The van der Waals surface area contributed by atoms with E-state index in [1.807, 2.05) is 13.0 Å². The Balaban J connectivity index is 2.50. The van der Waals surface area contributed by atoms with Gasteiger partial charge in [-0.2, -0.15) is 0 Å². The molecule has 1 aromatic rings. The number of amides is 1. The first-order valence-corrected chi connectivity index (χ1v) is 7.27. The maximum absolute atomic E-state index is 12.0. The molecule has 1 amide bonds. The molecule has 2 unspecified atom stereocenters. The minimum Gasteiger partial charge on any atom is -0.388 e. The molecule has 0 radical (unpaired) electrons. The predicted molar refractivity (Wildman–Crippen MR) is 77.3 cm³/mol. The highest BCUT2D eigenvalue weighted by Gasteiger charge is 2.32. The molecule has 104 valence electrons. The maximum atomic E-state index is 12.0. The SMILES string of the molecule is CCCC(O)c1cc(CC)cc2c1NC(=O)C2CC. The molecule has 0 bridgehead atoms. The molecule has 19 heavy (non-hydrogen) atoms. The third-order valence-electron chi connectivity index (χ3n) is 3.94. The summed E-state index contributed by atoms with van der Waals surface area (Å²) in [6, 6.07) is 4.15. The molecule has 3 nitrogen and oxygen atoms in total. The number of aliphatic hydroxyl groups is 1. The highest BCUT2D eigenvalue weighted by Crippen LogP contribution is 2.41. The highest BCUT2D eigenvalue weighted by atomic mass is 16.3. The van der Waals surface area contributed by atoms with E-state index in [4.69, 9.17) is 0 Å². The van der Waals surface area contributed by atoms with Crippen LogP contribution in [0.1, 0.15) is 68.7 Å². The minimum atomic E-state index is -0.485. The topological polar surface area (TPSA) is 49.3 Å². The Morgan fingerprint density at radius 2 is 2.05 bits per heavy atom. The molecule has 2 N–H and O–H groups in total. The van der Waals surface area contributed by atoms with E-state index in [0.717, 1.165) is 42.5 Å². The van der Waals surface area contributed by atoms with Gasteiger partial charge in [0, 0.05) is 5.56 Å². The average Bonchev–Trinajstić information content (AvgIpc) is 2.72. The lowest BCUT2D eigenvalue weighted by atomic mass is 9.91. The Morgan fingerprint density at radius 3 is 2.63 bits per heavy atom. The van der Waals surface area contributed by atoms with Gasteiger partial charge < -0.3 is 10.4 Å². The Morgan fingerprint density at radius 1 is 1.32 bits per heavy atom. The fourth-order valence-electron chi connectivity index (χ4n) is 2.82. The van der Waals surface area contributed by atoms with Gasteiger partial charge in [0.05, 0.1) is 17.7 Å². The van der Waals surface area contributed by atoms with Crippen molar-refractivity contribution in [2.75, 3.05) is 5.32 Å². The Labute approximate surface area is 115 Å². The zero-order chi connectivity index (χ0) is 14.0. The van der Waals surface area contributed by atoms with E-state index in [1.165, 1.54) is 5.56 Å². The van der Waals surface area contributed by atoms with E-state index < -0.39 is 6.10 Å². The van der Waals surface area contributed by atoms with Crippen molar-refractivity contribution in [1.82, 2.24) is 0 Å². The third-order valence-corrected chi connectivity index (χ3v) is 3.94. The molecule has 1 aliphatic heterocycles. The van der Waals surface area contributed by atoms with Crippen LogP contribution in [0.4, 0.5) is 5.69 Å². The van der Waals surface area contributed by atoms with Crippen molar-refractivity contribution < 1.29 is 9.90 Å². The van der Waals surface area contributed by atoms with Crippen molar-refractivity contribution in [3.05, 3.63) is 28.8 Å². The van der Waals surface area contributed by atoms with Gasteiger partial charge in [-0.25, -0.2) is 0 Å². The van der Waals surface area contributed by atoms with Crippen molar-refractivity contribution in [3.63, 3.8) is 0 Å². The molecule has 0 aliphatic carbocycles. The zero-order valence-corrected chi connectivity index (χ0v) is 12.0. The molecule has 1 aliphatic rings. The van der Waals surface area contributed by atoms with Gasteiger partial charge in [-0.1, -0.05) is 39.3 Å². The van der Waals surface area contributed by atoms with Gasteiger partial charge in [-0.3, -0.25) is 4.79 Å². The standard InChI is InChI=1S/C16H23NO2/c1-4-7-14(18)13-9-10(5-2)8-12-11(6-3)16(19)17-15(12)13/h8-9,11,14,18H,4-7H2,1-3H3,(H,17,19). The summed E-state index contributed by atoms with van der Waals surface area (Å²) in [5.41, 5.74) is 4.01. The number of rotatable bonds is 5. The molecule has 0 fully saturated rings. The van der Waals surface area contributed by atoms with Crippen molar-refractivity contribution in [1.29, 1.82) is 0 Å². The van der Waals surface area contributed by atoms with Gasteiger partial charge in [0.2, 0.25) is 5.91 Å². The van der Waals surface area contributed by atoms with E-state index in [0.29, 0.717) is 0 Å². The largest absolute Gasteiger partial charge is 0.388 e. The molecule has 1 aromatic carbocycles. The normalized spacial score (nSPS) is 19.2. The van der Waals surface area contributed by atoms with E-state index in [1.54, 1.807) is 0 Å². The van der Waals surface area contributed by atoms with Gasteiger partial charge in [-0.15, -0.1) is 0 Å². The lowest BCUT2D eigenvalue weighted by Crippen LogP contribution is -2.11. The smallest absolute Gasteiger partial charge is 0.232 e. The van der Waals surface area contributed by atoms with Crippen LogP contribution in [0.5, 0.6) is 0 Å². The number of hydrogen-bond donors (Lipinski definition) is 2. The minimum absolute atomic E-state index is 0.0610. The highest BCUT2D eigenvalue weighted by molar-refractivity contribution is 6.03. The second-order valence-electron chi connectivity index (χ2n) is 5.26. The van der Waals surface area contributed by atoms with Crippen molar-refractivity contribution in [2.45, 2.75) is 58.5 Å². The Kier molecular flexibility index (Phi) is 4.25. The van der Waals surface area contributed by atoms with Crippen LogP contribution in [0, 0.1) is 0 Å². The fourth-order valence-corrected chi connectivity index (χ4v) is 2.82. The Hall–Kier alpha value is -1.35. The van der Waals surface area contributed by atoms with Gasteiger partial charge in [0.1, 0.15) is 0 Å². The summed E-state index contributed by atoms with van der Waals surface area (Å²) in [5.74, 6) is 0.00442. The number of anilines is 1. The van der Waals surface area contributed by atoms with Crippen LogP contribution < -0.4 is 5.32 Å². The monoisotopic (exact) mass is 261 g/mol. The summed E-state index contributed by atoms with van der Waals surface area (Å²) in [6.07, 6.45) is 2.89.